The minimum absolute atomic E-state index is 0.0449. The molecular weight excluding hydrogens is 367 g/mol. The summed E-state index contributed by atoms with van der Waals surface area (Å²) in [6, 6.07) is 10.9. The number of benzene rings is 2. The van der Waals surface area contributed by atoms with Crippen molar-refractivity contribution >= 4 is 17.7 Å². The van der Waals surface area contributed by atoms with Crippen LogP contribution >= 0.6 is 11.8 Å². The smallest absolute Gasteiger partial charge is 0.446 e. The van der Waals surface area contributed by atoms with Crippen LogP contribution in [0.3, 0.4) is 0 Å². The molecule has 138 valence electrons. The lowest BCUT2D eigenvalue weighted by atomic mass is 10.1. The van der Waals surface area contributed by atoms with Crippen LogP contribution in [0, 0.1) is 0 Å². The molecule has 0 bridgehead atoms. The summed E-state index contributed by atoms with van der Waals surface area (Å²) in [5, 5.41) is 0. The molecule has 0 radical (unpaired) electrons. The van der Waals surface area contributed by atoms with Crippen LogP contribution in [0.4, 0.5) is 13.2 Å². The van der Waals surface area contributed by atoms with Gasteiger partial charge >= 0.3 is 5.51 Å². The van der Waals surface area contributed by atoms with Gasteiger partial charge in [0.15, 0.2) is 11.5 Å². The number of nitrogens with zero attached hydrogens (tertiary/aromatic N) is 1. The average Bonchev–Trinajstić information content (AvgIpc) is 2.60. The quantitative estimate of drug-likeness (QED) is 0.737. The predicted molar refractivity (Wildman–Crippen MR) is 91.6 cm³/mol. The second-order valence-corrected chi connectivity index (χ2v) is 6.85. The van der Waals surface area contributed by atoms with Crippen LogP contribution in [-0.2, 0) is 6.54 Å². The van der Waals surface area contributed by atoms with Gasteiger partial charge in [-0.25, -0.2) is 0 Å². The molecule has 2 aromatic carbocycles. The minimum atomic E-state index is -4.35. The van der Waals surface area contributed by atoms with Crippen LogP contribution in [0.25, 0.3) is 0 Å². The van der Waals surface area contributed by atoms with E-state index in [0.717, 1.165) is 5.56 Å². The van der Waals surface area contributed by atoms with Gasteiger partial charge in [0.1, 0.15) is 13.2 Å². The van der Waals surface area contributed by atoms with Gasteiger partial charge in [0.2, 0.25) is 0 Å². The van der Waals surface area contributed by atoms with Gasteiger partial charge < -0.3 is 14.4 Å². The number of thioether (sulfide) groups is 1. The number of halogens is 3. The van der Waals surface area contributed by atoms with E-state index in [9.17, 15) is 18.0 Å². The number of rotatable bonds is 4. The summed E-state index contributed by atoms with van der Waals surface area (Å²) in [5.41, 5.74) is -3.15. The largest absolute Gasteiger partial charge is 0.486 e. The number of hydrogen-bond donors (Lipinski definition) is 0. The number of hydrogen-bond acceptors (Lipinski definition) is 4. The molecule has 0 spiro atoms. The Hall–Kier alpha value is -2.35. The molecule has 0 atom stereocenters. The third-order valence-corrected chi connectivity index (χ3v) is 4.45. The molecule has 1 aliphatic heterocycles. The van der Waals surface area contributed by atoms with E-state index in [2.05, 4.69) is 0 Å². The molecule has 4 nitrogen and oxygen atoms in total. The molecule has 0 saturated heterocycles. The Morgan fingerprint density at radius 3 is 2.38 bits per heavy atom. The summed E-state index contributed by atoms with van der Waals surface area (Å²) in [5.74, 6) is 1.04. The maximum absolute atomic E-state index is 12.5. The number of carbonyl (C=O) groups is 1. The molecule has 2 aromatic rings. The van der Waals surface area contributed by atoms with E-state index in [0.29, 0.717) is 36.8 Å². The second-order valence-electron chi connectivity index (χ2n) is 5.71. The van der Waals surface area contributed by atoms with E-state index in [1.54, 1.807) is 13.1 Å². The van der Waals surface area contributed by atoms with Crippen molar-refractivity contribution in [2.45, 2.75) is 16.9 Å². The molecule has 0 fully saturated rings. The van der Waals surface area contributed by atoms with Crippen molar-refractivity contribution < 1.29 is 27.4 Å². The average molecular weight is 383 g/mol. The lowest BCUT2D eigenvalue weighted by Crippen LogP contribution is -2.26. The van der Waals surface area contributed by atoms with Crippen LogP contribution in [0.5, 0.6) is 11.5 Å². The molecule has 26 heavy (non-hydrogen) atoms. The normalized spacial score (nSPS) is 13.4. The Kier molecular flexibility index (Phi) is 5.31. The van der Waals surface area contributed by atoms with Crippen molar-refractivity contribution in [2.24, 2.45) is 0 Å². The van der Waals surface area contributed by atoms with Crippen molar-refractivity contribution in [2.75, 3.05) is 20.3 Å². The van der Waals surface area contributed by atoms with Gasteiger partial charge in [-0.1, -0.05) is 6.07 Å². The van der Waals surface area contributed by atoms with Gasteiger partial charge in [0.05, 0.1) is 0 Å². The first-order valence-corrected chi connectivity index (χ1v) is 8.63. The second kappa shape index (κ2) is 7.49. The summed E-state index contributed by atoms with van der Waals surface area (Å²) < 4.78 is 48.1. The van der Waals surface area contributed by atoms with Gasteiger partial charge in [-0.2, -0.15) is 13.2 Å². The van der Waals surface area contributed by atoms with Crippen molar-refractivity contribution in [1.82, 2.24) is 4.90 Å². The Labute approximate surface area is 152 Å². The summed E-state index contributed by atoms with van der Waals surface area (Å²) in [7, 11) is 1.64. The lowest BCUT2D eigenvalue weighted by Gasteiger charge is -2.21. The maximum atomic E-state index is 12.5. The summed E-state index contributed by atoms with van der Waals surface area (Å²) in [4.78, 5) is 14.0. The predicted octanol–water partition coefficient (Wildman–Crippen LogP) is 4.34. The number of ether oxygens (including phenoxy) is 2. The van der Waals surface area contributed by atoms with Crippen molar-refractivity contribution in [3.05, 3.63) is 53.6 Å². The summed E-state index contributed by atoms with van der Waals surface area (Å²) in [6.45, 7) is 1.33. The Balaban J connectivity index is 1.66. The first-order chi connectivity index (χ1) is 12.3. The molecule has 0 aliphatic carbocycles. The number of amides is 1. The van der Waals surface area contributed by atoms with Gasteiger partial charge in [-0.05, 0) is 53.7 Å². The third-order valence-electron chi connectivity index (χ3n) is 3.71. The Morgan fingerprint density at radius 1 is 1.08 bits per heavy atom. The Bertz CT molecular complexity index is 793. The number of carbonyl (C=O) groups excluding carboxylic acids is 1. The SMILES string of the molecule is CN(Cc1ccc2c(c1)OCCO2)C(=O)c1ccc(SC(F)(F)F)cc1. The van der Waals surface area contributed by atoms with Crippen LogP contribution in [0.1, 0.15) is 15.9 Å². The molecule has 0 aromatic heterocycles. The van der Waals surface area contributed by atoms with Crippen LogP contribution in [0.15, 0.2) is 47.4 Å². The van der Waals surface area contributed by atoms with E-state index >= 15 is 0 Å². The molecule has 8 heteroatoms. The zero-order valence-corrected chi connectivity index (χ0v) is 14.7. The first kappa shape index (κ1) is 18.4. The van der Waals surface area contributed by atoms with E-state index < -0.39 is 5.51 Å². The van der Waals surface area contributed by atoms with E-state index in [1.807, 2.05) is 12.1 Å². The van der Waals surface area contributed by atoms with Gasteiger partial charge in [0.25, 0.3) is 5.91 Å². The van der Waals surface area contributed by atoms with E-state index in [1.165, 1.54) is 29.2 Å². The zero-order valence-electron chi connectivity index (χ0n) is 13.9. The molecule has 0 saturated carbocycles. The molecule has 0 N–H and O–H groups in total. The van der Waals surface area contributed by atoms with Gasteiger partial charge in [-0.15, -0.1) is 0 Å². The highest BCUT2D eigenvalue weighted by Gasteiger charge is 2.29. The monoisotopic (exact) mass is 383 g/mol. The number of alkyl halides is 3. The van der Waals surface area contributed by atoms with E-state index in [-0.39, 0.29) is 22.6 Å². The zero-order chi connectivity index (χ0) is 18.7. The van der Waals surface area contributed by atoms with Gasteiger partial charge in [0, 0.05) is 24.1 Å². The van der Waals surface area contributed by atoms with Crippen molar-refractivity contribution in [3.8, 4) is 11.5 Å². The molecule has 1 amide bonds. The van der Waals surface area contributed by atoms with E-state index in [4.69, 9.17) is 9.47 Å². The van der Waals surface area contributed by atoms with Crippen LogP contribution < -0.4 is 9.47 Å². The fourth-order valence-electron chi connectivity index (χ4n) is 2.55. The van der Waals surface area contributed by atoms with Crippen molar-refractivity contribution in [1.29, 1.82) is 0 Å². The molecule has 0 unspecified atom stereocenters. The topological polar surface area (TPSA) is 38.8 Å². The van der Waals surface area contributed by atoms with Gasteiger partial charge in [-0.3, -0.25) is 4.79 Å². The fraction of sp³-hybridized carbons (Fsp3) is 0.278. The summed E-state index contributed by atoms with van der Waals surface area (Å²) >= 11 is -0.205. The van der Waals surface area contributed by atoms with Crippen molar-refractivity contribution in [3.63, 3.8) is 0 Å². The highest BCUT2D eigenvalue weighted by molar-refractivity contribution is 8.00. The highest BCUT2D eigenvalue weighted by atomic mass is 32.2. The number of fused-ring (bicyclic) bond motifs is 1. The Morgan fingerprint density at radius 2 is 1.73 bits per heavy atom. The van der Waals surface area contributed by atoms with Crippen LogP contribution in [0.2, 0.25) is 0 Å². The molecule has 1 aliphatic rings. The molecule has 3 rings (SSSR count). The minimum Gasteiger partial charge on any atom is -0.486 e. The molecular formula is C18H16F3NO3S. The standard InChI is InChI=1S/C18H16F3NO3S/c1-22(11-12-2-7-15-16(10-12)25-9-8-24-15)17(23)13-3-5-14(6-4-13)26-18(19,20)21/h2-7,10H,8-9,11H2,1H3. The fourth-order valence-corrected chi connectivity index (χ4v) is 3.09. The highest BCUT2D eigenvalue weighted by Crippen LogP contribution is 2.36. The third kappa shape index (κ3) is 4.63. The first-order valence-electron chi connectivity index (χ1n) is 7.81. The summed E-state index contributed by atoms with van der Waals surface area (Å²) in [6.07, 6.45) is 0. The molecule has 1 heterocycles. The lowest BCUT2D eigenvalue weighted by molar-refractivity contribution is -0.0328. The maximum Gasteiger partial charge on any atom is 0.446 e. The van der Waals surface area contributed by atoms with Crippen LogP contribution in [-0.4, -0.2) is 36.6 Å².